The van der Waals surface area contributed by atoms with E-state index in [-0.39, 0.29) is 5.56 Å². The van der Waals surface area contributed by atoms with Gasteiger partial charge in [0.25, 0.3) is 0 Å². The van der Waals surface area contributed by atoms with E-state index in [1.807, 2.05) is 24.3 Å². The van der Waals surface area contributed by atoms with Crippen molar-refractivity contribution in [2.45, 2.75) is 0 Å². The summed E-state index contributed by atoms with van der Waals surface area (Å²) in [6.45, 7) is 0. The SMILES string of the molecule is COc1ccc(-c2nc3cc(NC(=O)NSC(=O)c4cc(OC)c(OC)c(OC)c4)ccc3o2)cc1. The molecule has 11 heteroatoms. The summed E-state index contributed by atoms with van der Waals surface area (Å²) in [5.41, 5.74) is 2.68. The number of hydrogen-bond donors (Lipinski definition) is 2. The van der Waals surface area contributed by atoms with Gasteiger partial charge in [0.2, 0.25) is 16.8 Å². The molecule has 4 rings (SSSR count). The van der Waals surface area contributed by atoms with E-state index in [1.165, 1.54) is 33.5 Å². The van der Waals surface area contributed by atoms with Crippen LogP contribution in [0.1, 0.15) is 10.4 Å². The van der Waals surface area contributed by atoms with Gasteiger partial charge in [-0.05, 0) is 54.6 Å². The van der Waals surface area contributed by atoms with Gasteiger partial charge in [0.1, 0.15) is 11.3 Å². The highest BCUT2D eigenvalue weighted by Gasteiger charge is 2.18. The molecule has 1 aromatic heterocycles. The molecule has 0 saturated heterocycles. The zero-order chi connectivity index (χ0) is 25.7. The number of carbonyl (C=O) groups excluding carboxylic acids is 2. The van der Waals surface area contributed by atoms with Crippen molar-refractivity contribution in [1.29, 1.82) is 0 Å². The molecule has 0 saturated carbocycles. The summed E-state index contributed by atoms with van der Waals surface area (Å²) in [5, 5.41) is 2.26. The Morgan fingerprint density at radius 2 is 1.56 bits per heavy atom. The summed E-state index contributed by atoms with van der Waals surface area (Å²) in [7, 11) is 5.98. The minimum absolute atomic E-state index is 0.268. The fourth-order valence-electron chi connectivity index (χ4n) is 3.37. The second-order valence-electron chi connectivity index (χ2n) is 7.29. The van der Waals surface area contributed by atoms with E-state index >= 15 is 0 Å². The van der Waals surface area contributed by atoms with Crippen LogP contribution in [0, 0.1) is 0 Å². The highest BCUT2D eigenvalue weighted by atomic mass is 32.2. The lowest BCUT2D eigenvalue weighted by atomic mass is 10.2. The molecule has 0 aliphatic carbocycles. The van der Waals surface area contributed by atoms with Crippen LogP contribution < -0.4 is 29.0 Å². The van der Waals surface area contributed by atoms with Crippen LogP contribution in [0.15, 0.2) is 59.0 Å². The number of nitrogens with zero attached hydrogens (tertiary/aromatic N) is 1. The highest BCUT2D eigenvalue weighted by molar-refractivity contribution is 8.12. The lowest BCUT2D eigenvalue weighted by Crippen LogP contribution is -2.24. The molecule has 0 bridgehead atoms. The topological polar surface area (TPSA) is 121 Å². The molecular formula is C25H23N3O7S. The van der Waals surface area contributed by atoms with Crippen LogP contribution in [0.25, 0.3) is 22.6 Å². The number of nitrogens with one attached hydrogen (secondary N) is 2. The number of rotatable bonds is 7. The first kappa shape index (κ1) is 24.7. The molecule has 0 aliphatic heterocycles. The van der Waals surface area contributed by atoms with Gasteiger partial charge in [-0.2, -0.15) is 0 Å². The molecule has 0 spiro atoms. The Kier molecular flexibility index (Phi) is 7.50. The zero-order valence-electron chi connectivity index (χ0n) is 19.9. The summed E-state index contributed by atoms with van der Waals surface area (Å²) in [5.74, 6) is 2.21. The summed E-state index contributed by atoms with van der Waals surface area (Å²) < 4.78 is 29.2. The smallest absolute Gasteiger partial charge is 0.329 e. The quantitative estimate of drug-likeness (QED) is 0.326. The van der Waals surface area contributed by atoms with Gasteiger partial charge in [-0.15, -0.1) is 0 Å². The largest absolute Gasteiger partial charge is 0.497 e. The molecule has 2 N–H and O–H groups in total. The molecular weight excluding hydrogens is 486 g/mol. The molecule has 186 valence electrons. The van der Waals surface area contributed by atoms with E-state index in [9.17, 15) is 9.59 Å². The Hall–Kier alpha value is -4.38. The van der Waals surface area contributed by atoms with Gasteiger partial charge < -0.3 is 28.7 Å². The van der Waals surface area contributed by atoms with E-state index < -0.39 is 11.1 Å². The predicted molar refractivity (Wildman–Crippen MR) is 136 cm³/mol. The minimum atomic E-state index is -0.584. The lowest BCUT2D eigenvalue weighted by Gasteiger charge is -2.13. The average molecular weight is 510 g/mol. The van der Waals surface area contributed by atoms with Crippen LogP contribution in [0.3, 0.4) is 0 Å². The molecule has 0 unspecified atom stereocenters. The normalized spacial score (nSPS) is 10.6. The van der Waals surface area contributed by atoms with Crippen LogP contribution in [0.4, 0.5) is 10.5 Å². The minimum Gasteiger partial charge on any atom is -0.497 e. The molecule has 0 atom stereocenters. The third-order valence-corrected chi connectivity index (χ3v) is 5.83. The average Bonchev–Trinajstić information content (AvgIpc) is 3.34. The van der Waals surface area contributed by atoms with Gasteiger partial charge in [-0.25, -0.2) is 9.78 Å². The van der Waals surface area contributed by atoms with Crippen molar-refractivity contribution in [3.8, 4) is 34.5 Å². The molecule has 3 aromatic carbocycles. The third-order valence-electron chi connectivity index (χ3n) is 5.12. The van der Waals surface area contributed by atoms with Crippen LogP contribution in [0.2, 0.25) is 0 Å². The fourth-order valence-corrected chi connectivity index (χ4v) is 3.84. The van der Waals surface area contributed by atoms with Crippen molar-refractivity contribution in [2.24, 2.45) is 0 Å². The number of oxazole rings is 1. The first-order valence-corrected chi connectivity index (χ1v) is 11.4. The second kappa shape index (κ2) is 10.9. The van der Waals surface area contributed by atoms with E-state index in [4.69, 9.17) is 23.4 Å². The Morgan fingerprint density at radius 1 is 0.861 bits per heavy atom. The van der Waals surface area contributed by atoms with Gasteiger partial charge in [0.05, 0.1) is 28.4 Å². The second-order valence-corrected chi connectivity index (χ2v) is 8.07. The van der Waals surface area contributed by atoms with Crippen molar-refractivity contribution in [3.63, 3.8) is 0 Å². The van der Waals surface area contributed by atoms with Crippen molar-refractivity contribution in [3.05, 3.63) is 60.2 Å². The first-order valence-electron chi connectivity index (χ1n) is 10.6. The zero-order valence-corrected chi connectivity index (χ0v) is 20.7. The monoisotopic (exact) mass is 509 g/mol. The Morgan fingerprint density at radius 3 is 2.17 bits per heavy atom. The van der Waals surface area contributed by atoms with Crippen molar-refractivity contribution in [1.82, 2.24) is 9.71 Å². The summed E-state index contributed by atoms with van der Waals surface area (Å²) in [4.78, 5) is 29.5. The Balaban J connectivity index is 1.41. The number of hydrogen-bond acceptors (Lipinski definition) is 9. The van der Waals surface area contributed by atoms with Gasteiger partial charge >= 0.3 is 6.03 Å². The van der Waals surface area contributed by atoms with Crippen LogP contribution in [-0.4, -0.2) is 44.6 Å². The Labute approximate surface area is 211 Å². The van der Waals surface area contributed by atoms with Crippen LogP contribution >= 0.6 is 11.9 Å². The molecule has 0 radical (unpaired) electrons. The van der Waals surface area contributed by atoms with Crippen molar-refractivity contribution in [2.75, 3.05) is 33.8 Å². The van der Waals surface area contributed by atoms with E-state index in [2.05, 4.69) is 15.0 Å². The standard InChI is InChI=1S/C25H23N3O7S/c1-31-17-8-5-14(6-9-17)23-27-18-13-16(7-10-19(18)35-23)26-25(30)28-36-24(29)15-11-20(32-2)22(34-4)21(12-15)33-3/h5-13H,1-4H3,(H2,26,28,30). The first-order chi connectivity index (χ1) is 17.4. The molecule has 4 aromatic rings. The number of ether oxygens (including phenoxy) is 4. The van der Waals surface area contributed by atoms with Crippen molar-refractivity contribution >= 4 is 39.9 Å². The van der Waals surface area contributed by atoms with Crippen LogP contribution in [0.5, 0.6) is 23.0 Å². The maximum absolute atomic E-state index is 12.6. The number of benzene rings is 3. The maximum Gasteiger partial charge on any atom is 0.329 e. The van der Waals surface area contributed by atoms with Crippen molar-refractivity contribution < 1.29 is 33.0 Å². The molecule has 0 aliphatic rings. The number of aromatic nitrogens is 1. The number of amides is 2. The number of anilines is 1. The fraction of sp³-hybridized carbons (Fsp3) is 0.160. The van der Waals surface area contributed by atoms with Gasteiger partial charge in [-0.1, -0.05) is 0 Å². The molecule has 2 amide bonds. The number of fused-ring (bicyclic) bond motifs is 1. The predicted octanol–water partition coefficient (Wildman–Crippen LogP) is 5.14. The highest BCUT2D eigenvalue weighted by Crippen LogP contribution is 2.38. The number of urea groups is 1. The maximum atomic E-state index is 12.6. The molecule has 36 heavy (non-hydrogen) atoms. The number of carbonyl (C=O) groups is 2. The van der Waals surface area contributed by atoms with Gasteiger partial charge in [-0.3, -0.25) is 9.52 Å². The summed E-state index contributed by atoms with van der Waals surface area (Å²) in [6, 6.07) is 14.8. The van der Waals surface area contributed by atoms with E-state index in [0.717, 1.165) is 11.3 Å². The van der Waals surface area contributed by atoms with Crippen LogP contribution in [-0.2, 0) is 0 Å². The molecule has 10 nitrogen and oxygen atoms in total. The Bertz CT molecular complexity index is 1380. The summed E-state index contributed by atoms with van der Waals surface area (Å²) >= 11 is 0.619. The number of methoxy groups -OCH3 is 4. The molecule has 1 heterocycles. The summed E-state index contributed by atoms with van der Waals surface area (Å²) in [6.07, 6.45) is 0. The van der Waals surface area contributed by atoms with E-state index in [1.54, 1.807) is 25.3 Å². The molecule has 0 fully saturated rings. The van der Waals surface area contributed by atoms with Gasteiger partial charge in [0, 0.05) is 28.8 Å². The van der Waals surface area contributed by atoms with Gasteiger partial charge in [0.15, 0.2) is 17.1 Å². The third kappa shape index (κ3) is 5.31. The van der Waals surface area contributed by atoms with E-state index in [0.29, 0.717) is 51.9 Å². The lowest BCUT2D eigenvalue weighted by molar-refractivity contribution is 0.108.